The van der Waals surface area contributed by atoms with Gasteiger partial charge in [-0.15, -0.1) is 0 Å². The zero-order valence-corrected chi connectivity index (χ0v) is 15.9. The minimum Gasteiger partial charge on any atom is -0.467 e. The molecule has 2 aromatic rings. The van der Waals surface area contributed by atoms with Crippen molar-refractivity contribution in [3.05, 3.63) is 22.5 Å². The van der Waals surface area contributed by atoms with Gasteiger partial charge in [0.25, 0.3) is 0 Å². The van der Waals surface area contributed by atoms with Crippen LogP contribution in [-0.2, 0) is 20.8 Å². The van der Waals surface area contributed by atoms with Gasteiger partial charge < -0.3 is 9.47 Å². The number of hydrogen-bond acceptors (Lipinski definition) is 5. The molecule has 0 saturated heterocycles. The van der Waals surface area contributed by atoms with Gasteiger partial charge in [0.15, 0.2) is 11.8 Å². The summed E-state index contributed by atoms with van der Waals surface area (Å²) in [5.74, 6) is -0.419. The molecule has 0 aliphatic carbocycles. The van der Waals surface area contributed by atoms with E-state index in [4.69, 9.17) is 14.5 Å². The zero-order chi connectivity index (χ0) is 18.2. The van der Waals surface area contributed by atoms with Crippen LogP contribution in [0.5, 0.6) is 0 Å². The molecule has 0 fully saturated rings. The minimum atomic E-state index is -0.809. The Labute approximate surface area is 143 Å². The molecular formula is C18H27N3O3. The van der Waals surface area contributed by atoms with Crippen LogP contribution in [0.2, 0.25) is 0 Å². The van der Waals surface area contributed by atoms with Crippen LogP contribution in [0, 0.1) is 20.8 Å². The van der Waals surface area contributed by atoms with Crippen LogP contribution in [0.3, 0.4) is 0 Å². The van der Waals surface area contributed by atoms with Crippen LogP contribution in [0.1, 0.15) is 56.3 Å². The van der Waals surface area contributed by atoms with Crippen molar-refractivity contribution in [3.8, 4) is 0 Å². The molecule has 0 N–H and O–H groups in total. The number of fused-ring (bicyclic) bond motifs is 1. The van der Waals surface area contributed by atoms with E-state index in [0.717, 1.165) is 40.1 Å². The van der Waals surface area contributed by atoms with Gasteiger partial charge in [-0.25, -0.2) is 14.5 Å². The highest BCUT2D eigenvalue weighted by Gasteiger charge is 2.32. The molecule has 2 heterocycles. The summed E-state index contributed by atoms with van der Waals surface area (Å²) >= 11 is 0. The number of rotatable bonds is 4. The molecule has 6 nitrogen and oxygen atoms in total. The molecule has 1 unspecified atom stereocenters. The van der Waals surface area contributed by atoms with Gasteiger partial charge in [0.05, 0.1) is 18.4 Å². The fourth-order valence-electron chi connectivity index (χ4n) is 3.04. The first-order valence-electron chi connectivity index (χ1n) is 8.20. The topological polar surface area (TPSA) is 66.2 Å². The van der Waals surface area contributed by atoms with E-state index in [1.807, 2.05) is 53.1 Å². The van der Waals surface area contributed by atoms with E-state index >= 15 is 0 Å². The maximum atomic E-state index is 12.4. The van der Waals surface area contributed by atoms with Crippen molar-refractivity contribution in [3.63, 3.8) is 0 Å². The van der Waals surface area contributed by atoms with E-state index in [2.05, 4.69) is 5.10 Å². The number of pyridine rings is 1. The molecule has 0 saturated carbocycles. The normalized spacial score (nSPS) is 13.3. The Morgan fingerprint density at radius 2 is 1.83 bits per heavy atom. The van der Waals surface area contributed by atoms with E-state index in [1.54, 1.807) is 0 Å². The summed E-state index contributed by atoms with van der Waals surface area (Å²) in [6, 6.07) is 0. The quantitative estimate of drug-likeness (QED) is 0.802. The van der Waals surface area contributed by atoms with E-state index in [1.165, 1.54) is 7.11 Å². The number of carbonyl (C=O) groups excluding carboxylic acids is 1. The molecule has 2 aromatic heterocycles. The molecule has 2 rings (SSSR count). The monoisotopic (exact) mass is 333 g/mol. The van der Waals surface area contributed by atoms with Crippen LogP contribution in [-0.4, -0.2) is 33.4 Å². The Hall–Kier alpha value is -1.95. The minimum absolute atomic E-state index is 0.419. The summed E-state index contributed by atoms with van der Waals surface area (Å²) in [5, 5.41) is 5.52. The predicted molar refractivity (Wildman–Crippen MR) is 93.0 cm³/mol. The number of nitrogens with zero attached hydrogens (tertiary/aromatic N) is 3. The van der Waals surface area contributed by atoms with Crippen molar-refractivity contribution >= 4 is 17.0 Å². The molecule has 0 spiro atoms. The van der Waals surface area contributed by atoms with Gasteiger partial charge in [-0.05, 0) is 54.0 Å². The van der Waals surface area contributed by atoms with E-state index in [0.29, 0.717) is 0 Å². The molecule has 0 radical (unpaired) electrons. The molecule has 1 atom stereocenters. The lowest BCUT2D eigenvalue weighted by molar-refractivity contribution is -0.164. The SMILES string of the molecule is CCn1nc(C)c2c(C)c(C(OC(C)(C)C)C(=O)OC)c(C)nc21. The fraction of sp³-hybridized carbons (Fsp3) is 0.611. The summed E-state index contributed by atoms with van der Waals surface area (Å²) in [4.78, 5) is 17.1. The Morgan fingerprint density at radius 1 is 1.21 bits per heavy atom. The van der Waals surface area contributed by atoms with Crippen molar-refractivity contribution in [2.45, 2.75) is 66.7 Å². The van der Waals surface area contributed by atoms with Gasteiger partial charge in [0.1, 0.15) is 0 Å². The first-order chi connectivity index (χ1) is 11.1. The van der Waals surface area contributed by atoms with Crippen molar-refractivity contribution in [1.82, 2.24) is 14.8 Å². The lowest BCUT2D eigenvalue weighted by Crippen LogP contribution is -2.29. The van der Waals surface area contributed by atoms with Gasteiger partial charge in [0.2, 0.25) is 0 Å². The molecule has 6 heteroatoms. The van der Waals surface area contributed by atoms with Crippen molar-refractivity contribution < 1.29 is 14.3 Å². The lowest BCUT2D eigenvalue weighted by atomic mass is 9.98. The van der Waals surface area contributed by atoms with Crippen LogP contribution >= 0.6 is 0 Å². The first-order valence-corrected chi connectivity index (χ1v) is 8.20. The molecular weight excluding hydrogens is 306 g/mol. The van der Waals surface area contributed by atoms with Gasteiger partial charge in [-0.2, -0.15) is 5.10 Å². The van der Waals surface area contributed by atoms with E-state index in [-0.39, 0.29) is 0 Å². The van der Waals surface area contributed by atoms with Crippen LogP contribution < -0.4 is 0 Å². The lowest BCUT2D eigenvalue weighted by Gasteiger charge is -2.28. The Bertz CT molecular complexity index is 772. The maximum Gasteiger partial charge on any atom is 0.339 e. The summed E-state index contributed by atoms with van der Waals surface area (Å²) in [5.41, 5.74) is 3.74. The van der Waals surface area contributed by atoms with E-state index in [9.17, 15) is 4.79 Å². The maximum absolute atomic E-state index is 12.4. The van der Waals surface area contributed by atoms with Gasteiger partial charge in [0, 0.05) is 23.2 Å². The highest BCUT2D eigenvalue weighted by atomic mass is 16.6. The standard InChI is InChI=1S/C18H27N3O3/c1-9-21-16-14(12(4)20-21)10(2)13(11(3)19-16)15(17(22)23-8)24-18(5,6)7/h15H,9H2,1-8H3. The number of carbonyl (C=O) groups is 1. The zero-order valence-electron chi connectivity index (χ0n) is 15.9. The first kappa shape index (κ1) is 18.4. The van der Waals surface area contributed by atoms with Gasteiger partial charge >= 0.3 is 5.97 Å². The highest BCUT2D eigenvalue weighted by Crippen LogP contribution is 2.34. The second kappa shape index (κ2) is 6.51. The van der Waals surface area contributed by atoms with Crippen LogP contribution in [0.15, 0.2) is 0 Å². The molecule has 0 aromatic carbocycles. The molecule has 0 bridgehead atoms. The molecule has 0 amide bonds. The molecule has 0 aliphatic rings. The second-order valence-corrected chi connectivity index (χ2v) is 6.97. The van der Waals surface area contributed by atoms with E-state index < -0.39 is 17.7 Å². The summed E-state index contributed by atoms with van der Waals surface area (Å²) in [7, 11) is 1.37. The number of ether oxygens (including phenoxy) is 2. The third kappa shape index (κ3) is 3.29. The van der Waals surface area contributed by atoms with Crippen molar-refractivity contribution in [2.75, 3.05) is 7.11 Å². The fourth-order valence-corrected chi connectivity index (χ4v) is 3.04. The summed E-state index contributed by atoms with van der Waals surface area (Å²) in [6.07, 6.45) is -0.809. The average molecular weight is 333 g/mol. The Balaban J connectivity index is 2.73. The molecule has 0 aliphatic heterocycles. The highest BCUT2D eigenvalue weighted by molar-refractivity contribution is 5.86. The van der Waals surface area contributed by atoms with Gasteiger partial charge in [-0.1, -0.05) is 0 Å². The van der Waals surface area contributed by atoms with Crippen molar-refractivity contribution in [1.29, 1.82) is 0 Å². The summed E-state index contributed by atoms with van der Waals surface area (Å²) in [6.45, 7) is 14.4. The number of aromatic nitrogens is 3. The largest absolute Gasteiger partial charge is 0.467 e. The smallest absolute Gasteiger partial charge is 0.339 e. The number of esters is 1. The second-order valence-electron chi connectivity index (χ2n) is 6.97. The Morgan fingerprint density at radius 3 is 2.33 bits per heavy atom. The third-order valence-electron chi connectivity index (χ3n) is 3.99. The Kier molecular flexibility index (Phi) is 4.99. The number of aryl methyl sites for hydroxylation is 4. The predicted octanol–water partition coefficient (Wildman–Crippen LogP) is 3.41. The third-order valence-corrected chi connectivity index (χ3v) is 3.99. The van der Waals surface area contributed by atoms with Crippen LogP contribution in [0.25, 0.3) is 11.0 Å². The van der Waals surface area contributed by atoms with Gasteiger partial charge in [-0.3, -0.25) is 0 Å². The number of methoxy groups -OCH3 is 1. The molecule has 132 valence electrons. The molecule has 24 heavy (non-hydrogen) atoms. The van der Waals surface area contributed by atoms with Crippen molar-refractivity contribution in [2.24, 2.45) is 0 Å². The van der Waals surface area contributed by atoms with Crippen LogP contribution in [0.4, 0.5) is 0 Å². The average Bonchev–Trinajstić information content (AvgIpc) is 2.80. The summed E-state index contributed by atoms with van der Waals surface area (Å²) < 4.78 is 12.9. The number of hydrogen-bond donors (Lipinski definition) is 0.